The van der Waals surface area contributed by atoms with E-state index in [9.17, 15) is 9.18 Å². The minimum Gasteiger partial charge on any atom is -0.397 e. The molecular formula is C13H20ClFN4O. The lowest BCUT2D eigenvalue weighted by molar-refractivity contribution is -0.131. The third-order valence-corrected chi connectivity index (χ3v) is 3.46. The van der Waals surface area contributed by atoms with Crippen molar-refractivity contribution in [1.82, 2.24) is 4.90 Å². The fourth-order valence-electron chi connectivity index (χ4n) is 1.90. The van der Waals surface area contributed by atoms with Crippen LogP contribution in [0, 0.1) is 5.82 Å². The standard InChI is InChI=1S/C13H20ClFN4O/c1-4-19(5-2)13(20)7(3)18-12-9(17)6-8(16)10(14)11(12)15/h6-7,18H,4-5,16-17H2,1-3H3. The van der Waals surface area contributed by atoms with Crippen LogP contribution in [0.2, 0.25) is 5.02 Å². The van der Waals surface area contributed by atoms with Gasteiger partial charge in [0, 0.05) is 13.1 Å². The fourth-order valence-corrected chi connectivity index (χ4v) is 2.05. The monoisotopic (exact) mass is 302 g/mol. The van der Waals surface area contributed by atoms with Crippen molar-refractivity contribution in [2.75, 3.05) is 29.9 Å². The highest BCUT2D eigenvalue weighted by Crippen LogP contribution is 2.34. The van der Waals surface area contributed by atoms with Crippen LogP contribution in [-0.2, 0) is 4.79 Å². The number of nitrogens with one attached hydrogen (secondary N) is 1. The van der Waals surface area contributed by atoms with Gasteiger partial charge in [-0.05, 0) is 26.8 Å². The van der Waals surface area contributed by atoms with Crippen LogP contribution in [-0.4, -0.2) is 29.9 Å². The lowest BCUT2D eigenvalue weighted by Gasteiger charge is -2.25. The molecule has 0 heterocycles. The molecule has 0 saturated carbocycles. The topological polar surface area (TPSA) is 84.4 Å². The first-order valence-electron chi connectivity index (χ1n) is 6.41. The van der Waals surface area contributed by atoms with Gasteiger partial charge in [-0.25, -0.2) is 4.39 Å². The first-order chi connectivity index (χ1) is 9.33. The van der Waals surface area contributed by atoms with E-state index in [1.807, 2.05) is 13.8 Å². The van der Waals surface area contributed by atoms with Crippen molar-refractivity contribution in [2.24, 2.45) is 0 Å². The van der Waals surface area contributed by atoms with Gasteiger partial charge in [0.2, 0.25) is 5.91 Å². The van der Waals surface area contributed by atoms with Gasteiger partial charge in [0.1, 0.15) is 11.1 Å². The highest BCUT2D eigenvalue weighted by atomic mass is 35.5. The van der Waals surface area contributed by atoms with E-state index in [-0.39, 0.29) is 28.0 Å². The summed E-state index contributed by atoms with van der Waals surface area (Å²) < 4.78 is 14.0. The fraction of sp³-hybridized carbons (Fsp3) is 0.462. The molecular weight excluding hydrogens is 283 g/mol. The maximum absolute atomic E-state index is 14.0. The number of anilines is 3. The van der Waals surface area contributed by atoms with Crippen LogP contribution in [0.1, 0.15) is 20.8 Å². The van der Waals surface area contributed by atoms with Crippen molar-refractivity contribution in [2.45, 2.75) is 26.8 Å². The van der Waals surface area contributed by atoms with Crippen LogP contribution in [0.5, 0.6) is 0 Å². The molecule has 0 aliphatic heterocycles. The number of nitrogens with two attached hydrogens (primary N) is 2. The van der Waals surface area contributed by atoms with Crippen molar-refractivity contribution < 1.29 is 9.18 Å². The summed E-state index contributed by atoms with van der Waals surface area (Å²) in [5.41, 5.74) is 11.4. The van der Waals surface area contributed by atoms with E-state index in [1.54, 1.807) is 11.8 Å². The van der Waals surface area contributed by atoms with E-state index >= 15 is 0 Å². The number of carbonyl (C=O) groups is 1. The smallest absolute Gasteiger partial charge is 0.244 e. The van der Waals surface area contributed by atoms with Gasteiger partial charge in [-0.2, -0.15) is 0 Å². The molecule has 1 rings (SSSR count). The summed E-state index contributed by atoms with van der Waals surface area (Å²) in [6.07, 6.45) is 0. The molecule has 7 heteroatoms. The van der Waals surface area contributed by atoms with Crippen molar-refractivity contribution in [3.05, 3.63) is 16.9 Å². The van der Waals surface area contributed by atoms with Crippen molar-refractivity contribution in [3.63, 3.8) is 0 Å². The predicted molar refractivity (Wildman–Crippen MR) is 81.2 cm³/mol. The Morgan fingerprint density at radius 2 is 1.95 bits per heavy atom. The van der Waals surface area contributed by atoms with E-state index in [4.69, 9.17) is 23.1 Å². The lowest BCUT2D eigenvalue weighted by atomic mass is 10.2. The Kier molecular flexibility index (Phi) is 5.44. The Labute approximate surface area is 123 Å². The van der Waals surface area contributed by atoms with Crippen molar-refractivity contribution in [1.29, 1.82) is 0 Å². The van der Waals surface area contributed by atoms with Gasteiger partial charge >= 0.3 is 0 Å². The highest BCUT2D eigenvalue weighted by Gasteiger charge is 2.22. The molecule has 0 saturated heterocycles. The average molecular weight is 303 g/mol. The summed E-state index contributed by atoms with van der Waals surface area (Å²) in [7, 11) is 0. The molecule has 1 amide bonds. The largest absolute Gasteiger partial charge is 0.397 e. The summed E-state index contributed by atoms with van der Waals surface area (Å²) in [6, 6.07) is 0.744. The van der Waals surface area contributed by atoms with Crippen molar-refractivity contribution in [3.8, 4) is 0 Å². The van der Waals surface area contributed by atoms with Crippen molar-refractivity contribution >= 4 is 34.6 Å². The summed E-state index contributed by atoms with van der Waals surface area (Å²) >= 11 is 5.74. The molecule has 0 spiro atoms. The second-order valence-corrected chi connectivity index (χ2v) is 4.81. The molecule has 112 valence electrons. The minimum absolute atomic E-state index is 0.00259. The number of amides is 1. The SMILES string of the molecule is CCN(CC)C(=O)C(C)Nc1c(N)cc(N)c(Cl)c1F. The molecule has 20 heavy (non-hydrogen) atoms. The number of carbonyl (C=O) groups excluding carboxylic acids is 1. The number of hydrogen-bond donors (Lipinski definition) is 3. The Balaban J connectivity index is 2.99. The zero-order valence-electron chi connectivity index (χ0n) is 11.8. The van der Waals surface area contributed by atoms with Crippen LogP contribution in [0.3, 0.4) is 0 Å². The quantitative estimate of drug-likeness (QED) is 0.729. The van der Waals surface area contributed by atoms with Crippen LogP contribution in [0.4, 0.5) is 21.5 Å². The zero-order chi connectivity index (χ0) is 15.4. The number of hydrogen-bond acceptors (Lipinski definition) is 4. The van der Waals surface area contributed by atoms with E-state index in [0.29, 0.717) is 13.1 Å². The Morgan fingerprint density at radius 1 is 1.40 bits per heavy atom. The Morgan fingerprint density at radius 3 is 2.45 bits per heavy atom. The van der Waals surface area contributed by atoms with Gasteiger partial charge in [-0.3, -0.25) is 4.79 Å². The molecule has 1 aromatic carbocycles. The maximum atomic E-state index is 14.0. The molecule has 0 aliphatic carbocycles. The second kappa shape index (κ2) is 6.65. The normalized spacial score (nSPS) is 12.1. The number of nitrogens with zero attached hydrogens (tertiary/aromatic N) is 1. The summed E-state index contributed by atoms with van der Waals surface area (Å²) in [6.45, 7) is 6.57. The van der Waals surface area contributed by atoms with Gasteiger partial charge in [0.05, 0.1) is 17.1 Å². The molecule has 0 fully saturated rings. The molecule has 1 aromatic rings. The molecule has 0 radical (unpaired) electrons. The first-order valence-corrected chi connectivity index (χ1v) is 6.79. The molecule has 1 atom stereocenters. The lowest BCUT2D eigenvalue weighted by Crippen LogP contribution is -2.41. The molecule has 5 N–H and O–H groups in total. The zero-order valence-corrected chi connectivity index (χ0v) is 12.6. The highest BCUT2D eigenvalue weighted by molar-refractivity contribution is 6.33. The van der Waals surface area contributed by atoms with E-state index in [1.165, 1.54) is 6.07 Å². The molecule has 0 aliphatic rings. The third-order valence-electron chi connectivity index (χ3n) is 3.07. The van der Waals surface area contributed by atoms with E-state index in [2.05, 4.69) is 5.32 Å². The molecule has 5 nitrogen and oxygen atoms in total. The number of benzene rings is 1. The maximum Gasteiger partial charge on any atom is 0.244 e. The van der Waals surface area contributed by atoms with Crippen LogP contribution in [0.25, 0.3) is 0 Å². The van der Waals surface area contributed by atoms with E-state index in [0.717, 1.165) is 0 Å². The second-order valence-electron chi connectivity index (χ2n) is 4.43. The summed E-state index contributed by atoms with van der Waals surface area (Å²) in [5, 5.41) is 2.56. The summed E-state index contributed by atoms with van der Waals surface area (Å²) in [4.78, 5) is 13.8. The molecule has 0 bridgehead atoms. The minimum atomic E-state index is -0.747. The summed E-state index contributed by atoms with van der Waals surface area (Å²) in [5.74, 6) is -0.884. The van der Waals surface area contributed by atoms with Crippen LogP contribution < -0.4 is 16.8 Å². The average Bonchev–Trinajstić information content (AvgIpc) is 2.42. The van der Waals surface area contributed by atoms with Crippen LogP contribution in [0.15, 0.2) is 6.07 Å². The number of rotatable bonds is 5. The predicted octanol–water partition coefficient (Wildman–Crippen LogP) is 2.31. The molecule has 0 aromatic heterocycles. The van der Waals surface area contributed by atoms with Gasteiger partial charge in [0.25, 0.3) is 0 Å². The van der Waals surface area contributed by atoms with E-state index < -0.39 is 11.9 Å². The van der Waals surface area contributed by atoms with Gasteiger partial charge in [-0.15, -0.1) is 0 Å². The Bertz CT molecular complexity index is 506. The molecule has 1 unspecified atom stereocenters. The van der Waals surface area contributed by atoms with Gasteiger partial charge < -0.3 is 21.7 Å². The Hall–Kier alpha value is -1.69. The first kappa shape index (κ1) is 16.4. The third kappa shape index (κ3) is 3.25. The van der Waals surface area contributed by atoms with Gasteiger partial charge in [-0.1, -0.05) is 11.6 Å². The van der Waals surface area contributed by atoms with Gasteiger partial charge in [0.15, 0.2) is 5.82 Å². The number of likely N-dealkylation sites (N-methyl/N-ethyl adjacent to an activating group) is 1. The van der Waals surface area contributed by atoms with Crippen LogP contribution >= 0.6 is 11.6 Å². The number of halogens is 2. The number of nitrogen functional groups attached to an aromatic ring is 2.